The van der Waals surface area contributed by atoms with Gasteiger partial charge in [0.1, 0.15) is 5.76 Å². The lowest BCUT2D eigenvalue weighted by atomic mass is 10.3. The molecule has 9 heavy (non-hydrogen) atoms. The van der Waals surface area contributed by atoms with E-state index in [0.717, 1.165) is 0 Å². The highest BCUT2D eigenvalue weighted by Crippen LogP contribution is 2.22. The Kier molecular flexibility index (Phi) is 1.60. The van der Waals surface area contributed by atoms with Crippen LogP contribution in [0.5, 0.6) is 0 Å². The molecule has 1 heterocycles. The molecule has 0 radical (unpaired) electrons. The lowest BCUT2D eigenvalue weighted by molar-refractivity contribution is 0.423. The van der Waals surface area contributed by atoms with E-state index in [4.69, 9.17) is 28.3 Å². The van der Waals surface area contributed by atoms with Gasteiger partial charge < -0.3 is 10.4 Å². The monoisotopic (exact) mass is 165 g/mol. The minimum Gasteiger partial charge on any atom is -0.508 e. The van der Waals surface area contributed by atoms with Gasteiger partial charge in [0.05, 0.1) is 0 Å². The summed E-state index contributed by atoms with van der Waals surface area (Å²) in [4.78, 5) is 0. The number of hydrogen-bond donors (Lipinski definition) is 2. The molecular formula is C5H5Cl2NO. The zero-order valence-electron chi connectivity index (χ0n) is 4.44. The summed E-state index contributed by atoms with van der Waals surface area (Å²) in [6.07, 6.45) is 4.24. The summed E-state index contributed by atoms with van der Waals surface area (Å²) < 4.78 is -1.15. The van der Waals surface area contributed by atoms with Gasteiger partial charge in [0.25, 0.3) is 0 Å². The van der Waals surface area contributed by atoms with Gasteiger partial charge in [-0.25, -0.2) is 0 Å². The average molecular weight is 166 g/mol. The predicted molar refractivity (Wildman–Crippen MR) is 37.4 cm³/mol. The van der Waals surface area contributed by atoms with Gasteiger partial charge in [0.15, 0.2) is 0 Å². The lowest BCUT2D eigenvalue weighted by Crippen LogP contribution is -2.29. The van der Waals surface area contributed by atoms with Crippen LogP contribution < -0.4 is 5.32 Å². The van der Waals surface area contributed by atoms with Crippen molar-refractivity contribution in [3.05, 3.63) is 24.1 Å². The minimum atomic E-state index is -1.15. The van der Waals surface area contributed by atoms with Crippen LogP contribution in [-0.2, 0) is 0 Å². The molecule has 0 aromatic rings. The van der Waals surface area contributed by atoms with Crippen LogP contribution in [0.3, 0.4) is 0 Å². The second-order valence-electron chi connectivity index (χ2n) is 1.67. The van der Waals surface area contributed by atoms with Gasteiger partial charge in [0.2, 0.25) is 4.46 Å². The normalized spacial score (nSPS) is 22.7. The van der Waals surface area contributed by atoms with Crippen LogP contribution in [0, 0.1) is 0 Å². The van der Waals surface area contributed by atoms with Crippen LogP contribution >= 0.6 is 23.2 Å². The summed E-state index contributed by atoms with van der Waals surface area (Å²) in [5.41, 5.74) is 0. The van der Waals surface area contributed by atoms with Crippen molar-refractivity contribution >= 4 is 23.2 Å². The van der Waals surface area contributed by atoms with Gasteiger partial charge in [-0.1, -0.05) is 23.2 Å². The first-order valence-electron chi connectivity index (χ1n) is 2.34. The van der Waals surface area contributed by atoms with Gasteiger partial charge >= 0.3 is 0 Å². The van der Waals surface area contributed by atoms with Crippen molar-refractivity contribution in [3.8, 4) is 0 Å². The zero-order valence-corrected chi connectivity index (χ0v) is 5.95. The Bertz CT molecular complexity index is 174. The molecule has 0 saturated heterocycles. The molecule has 1 aliphatic heterocycles. The number of aliphatic hydroxyl groups is 1. The quantitative estimate of drug-likeness (QED) is 0.423. The highest BCUT2D eigenvalue weighted by Gasteiger charge is 2.21. The molecule has 50 valence electrons. The lowest BCUT2D eigenvalue weighted by Gasteiger charge is -2.18. The van der Waals surface area contributed by atoms with Gasteiger partial charge in [-0.2, -0.15) is 0 Å². The SMILES string of the molecule is OC1=CC(Cl)(Cl)NC=C1. The van der Waals surface area contributed by atoms with E-state index in [1.165, 1.54) is 18.4 Å². The van der Waals surface area contributed by atoms with E-state index < -0.39 is 4.46 Å². The number of dihydropyridines is 1. The van der Waals surface area contributed by atoms with Crippen molar-refractivity contribution in [1.82, 2.24) is 5.32 Å². The fourth-order valence-corrected chi connectivity index (χ4v) is 0.863. The van der Waals surface area contributed by atoms with Crippen LogP contribution in [0.15, 0.2) is 24.1 Å². The Balaban J connectivity index is 2.78. The first-order valence-corrected chi connectivity index (χ1v) is 3.10. The van der Waals surface area contributed by atoms with Crippen LogP contribution in [0.2, 0.25) is 0 Å². The molecule has 1 rings (SSSR count). The molecule has 0 aliphatic carbocycles. The van der Waals surface area contributed by atoms with E-state index >= 15 is 0 Å². The molecule has 0 atom stereocenters. The van der Waals surface area contributed by atoms with Crippen molar-refractivity contribution in [2.24, 2.45) is 0 Å². The summed E-state index contributed by atoms with van der Waals surface area (Å²) in [7, 11) is 0. The summed E-state index contributed by atoms with van der Waals surface area (Å²) in [5, 5.41) is 11.4. The Labute approximate surface area is 62.8 Å². The fourth-order valence-electron chi connectivity index (χ4n) is 0.514. The molecule has 0 saturated carbocycles. The summed E-state index contributed by atoms with van der Waals surface area (Å²) in [6.45, 7) is 0. The molecule has 0 aromatic carbocycles. The minimum absolute atomic E-state index is 0.0683. The highest BCUT2D eigenvalue weighted by molar-refractivity contribution is 6.49. The maximum absolute atomic E-state index is 8.81. The summed E-state index contributed by atoms with van der Waals surface area (Å²) in [5.74, 6) is 0.0683. The van der Waals surface area contributed by atoms with Crippen molar-refractivity contribution in [1.29, 1.82) is 0 Å². The van der Waals surface area contributed by atoms with Gasteiger partial charge in [-0.15, -0.1) is 0 Å². The van der Waals surface area contributed by atoms with Crippen molar-refractivity contribution in [3.63, 3.8) is 0 Å². The second kappa shape index (κ2) is 2.12. The number of rotatable bonds is 0. The first-order chi connectivity index (χ1) is 4.10. The number of nitrogens with one attached hydrogen (secondary N) is 1. The van der Waals surface area contributed by atoms with E-state index in [2.05, 4.69) is 5.32 Å². The number of alkyl halides is 2. The predicted octanol–water partition coefficient (Wildman–Crippen LogP) is 1.68. The number of hydrogen-bond acceptors (Lipinski definition) is 2. The van der Waals surface area contributed by atoms with Gasteiger partial charge in [-0.3, -0.25) is 0 Å². The molecule has 0 fully saturated rings. The van der Waals surface area contributed by atoms with E-state index in [9.17, 15) is 0 Å². The third-order valence-corrected chi connectivity index (χ3v) is 1.30. The van der Waals surface area contributed by atoms with Crippen molar-refractivity contribution in [2.45, 2.75) is 4.46 Å². The van der Waals surface area contributed by atoms with Crippen LogP contribution in [0.1, 0.15) is 0 Å². The summed E-state index contributed by atoms with van der Waals surface area (Å²) >= 11 is 11.1. The number of aliphatic hydroxyl groups excluding tert-OH is 1. The zero-order chi connectivity index (χ0) is 6.91. The highest BCUT2D eigenvalue weighted by atomic mass is 35.5. The van der Waals surface area contributed by atoms with Crippen molar-refractivity contribution in [2.75, 3.05) is 0 Å². The Morgan fingerprint density at radius 1 is 1.56 bits per heavy atom. The van der Waals surface area contributed by atoms with E-state index in [1.807, 2.05) is 0 Å². The molecule has 0 amide bonds. The first kappa shape index (κ1) is 6.78. The Morgan fingerprint density at radius 2 is 2.22 bits per heavy atom. The van der Waals surface area contributed by atoms with Crippen LogP contribution in [0.4, 0.5) is 0 Å². The molecule has 2 nitrogen and oxygen atoms in total. The molecule has 0 spiro atoms. The fraction of sp³-hybridized carbons (Fsp3) is 0.200. The van der Waals surface area contributed by atoms with Gasteiger partial charge in [-0.05, 0) is 6.08 Å². The molecule has 0 unspecified atom stereocenters. The number of halogens is 2. The molecular weight excluding hydrogens is 161 g/mol. The number of allylic oxidation sites excluding steroid dienone is 1. The smallest absolute Gasteiger partial charge is 0.210 e. The van der Waals surface area contributed by atoms with Crippen LogP contribution in [0.25, 0.3) is 0 Å². The molecule has 2 N–H and O–H groups in total. The Hall–Kier alpha value is -0.340. The van der Waals surface area contributed by atoms with Crippen LogP contribution in [-0.4, -0.2) is 9.56 Å². The molecule has 4 heteroatoms. The maximum Gasteiger partial charge on any atom is 0.210 e. The summed E-state index contributed by atoms with van der Waals surface area (Å²) in [6, 6.07) is 0. The van der Waals surface area contributed by atoms with Crippen molar-refractivity contribution < 1.29 is 5.11 Å². The molecule has 1 aliphatic rings. The molecule has 0 aromatic heterocycles. The van der Waals surface area contributed by atoms with E-state index in [-0.39, 0.29) is 5.76 Å². The van der Waals surface area contributed by atoms with E-state index in [1.54, 1.807) is 0 Å². The standard InChI is InChI=1S/C5H5Cl2NO/c6-5(7)3-4(9)1-2-8-5/h1-3,8-9H. The van der Waals surface area contributed by atoms with Gasteiger partial charge in [0, 0.05) is 12.3 Å². The Morgan fingerprint density at radius 3 is 2.56 bits per heavy atom. The largest absolute Gasteiger partial charge is 0.508 e. The molecule has 0 bridgehead atoms. The third-order valence-electron chi connectivity index (χ3n) is 0.859. The average Bonchev–Trinajstić information content (AvgIpc) is 1.60. The second-order valence-corrected chi connectivity index (χ2v) is 3.06. The van der Waals surface area contributed by atoms with E-state index in [0.29, 0.717) is 0 Å². The third kappa shape index (κ3) is 1.80. The maximum atomic E-state index is 8.81. The topological polar surface area (TPSA) is 32.3 Å².